The van der Waals surface area contributed by atoms with Crippen LogP contribution >= 0.6 is 11.8 Å². The maximum absolute atomic E-state index is 12.2. The molecule has 0 aliphatic carbocycles. The van der Waals surface area contributed by atoms with Crippen LogP contribution in [0.25, 0.3) is 11.8 Å². The molecule has 1 aliphatic rings. The molecule has 0 bridgehead atoms. The van der Waals surface area contributed by atoms with Crippen molar-refractivity contribution in [3.05, 3.63) is 89.6 Å². The highest BCUT2D eigenvalue weighted by Gasteiger charge is 2.23. The fraction of sp³-hybridized carbons (Fsp3) is 0. The Labute approximate surface area is 149 Å². The van der Waals surface area contributed by atoms with Gasteiger partial charge < -0.3 is 9.88 Å². The molecule has 25 heavy (non-hydrogen) atoms. The number of thioether (sulfide) groups is 1. The van der Waals surface area contributed by atoms with Crippen molar-refractivity contribution in [2.75, 3.05) is 0 Å². The summed E-state index contributed by atoms with van der Waals surface area (Å²) in [7, 11) is 0. The van der Waals surface area contributed by atoms with Crippen molar-refractivity contribution in [2.24, 2.45) is 4.99 Å². The number of carbonyl (C=O) groups excluding carboxylic acids is 1. The predicted molar refractivity (Wildman–Crippen MR) is 103 cm³/mol. The molecule has 2 heterocycles. The SMILES string of the molecule is O=C1NC(=Nc2ccccc2)S/C1=C/c1ccn(-c2ccccc2)c1. The van der Waals surface area contributed by atoms with Crippen LogP contribution < -0.4 is 5.32 Å². The Hall–Kier alpha value is -3.05. The number of aliphatic imine (C=N–C) groups is 1. The maximum atomic E-state index is 12.2. The van der Waals surface area contributed by atoms with Crippen LogP contribution in [0.5, 0.6) is 0 Å². The molecule has 0 unspecified atom stereocenters. The van der Waals surface area contributed by atoms with E-state index in [9.17, 15) is 4.79 Å². The van der Waals surface area contributed by atoms with Gasteiger partial charge in [0.25, 0.3) is 5.91 Å². The number of rotatable bonds is 3. The quantitative estimate of drug-likeness (QED) is 0.717. The van der Waals surface area contributed by atoms with Gasteiger partial charge in [-0.25, -0.2) is 4.99 Å². The van der Waals surface area contributed by atoms with Crippen LogP contribution in [0, 0.1) is 0 Å². The molecule has 0 radical (unpaired) electrons. The molecule has 1 amide bonds. The number of para-hydroxylation sites is 2. The largest absolute Gasteiger partial charge is 0.323 e. The smallest absolute Gasteiger partial charge is 0.264 e. The lowest BCUT2D eigenvalue weighted by molar-refractivity contribution is -0.115. The number of nitrogens with one attached hydrogen (secondary N) is 1. The van der Waals surface area contributed by atoms with E-state index in [1.54, 1.807) is 0 Å². The summed E-state index contributed by atoms with van der Waals surface area (Å²) in [6, 6.07) is 21.6. The third-order valence-electron chi connectivity index (χ3n) is 3.71. The minimum atomic E-state index is -0.118. The van der Waals surface area contributed by atoms with Crippen molar-refractivity contribution in [1.29, 1.82) is 0 Å². The number of benzene rings is 2. The lowest BCUT2D eigenvalue weighted by Gasteiger charge is -2.00. The average molecular weight is 345 g/mol. The molecule has 1 N–H and O–H groups in total. The zero-order valence-corrected chi connectivity index (χ0v) is 14.1. The van der Waals surface area contributed by atoms with E-state index in [1.165, 1.54) is 11.8 Å². The Morgan fingerprint density at radius 2 is 1.68 bits per heavy atom. The van der Waals surface area contributed by atoms with Gasteiger partial charge in [-0.05, 0) is 53.7 Å². The van der Waals surface area contributed by atoms with E-state index in [0.717, 1.165) is 16.9 Å². The van der Waals surface area contributed by atoms with E-state index in [1.807, 2.05) is 89.8 Å². The minimum Gasteiger partial charge on any atom is -0.323 e. The summed E-state index contributed by atoms with van der Waals surface area (Å²) in [6.45, 7) is 0. The Kier molecular flexibility index (Phi) is 4.23. The molecule has 0 saturated carbocycles. The van der Waals surface area contributed by atoms with Gasteiger partial charge in [0, 0.05) is 18.1 Å². The Morgan fingerprint density at radius 1 is 0.960 bits per heavy atom. The Balaban J connectivity index is 1.55. The lowest BCUT2D eigenvalue weighted by atomic mass is 10.3. The number of aromatic nitrogens is 1. The molecule has 0 spiro atoms. The van der Waals surface area contributed by atoms with Crippen LogP contribution in [0.15, 0.2) is 89.0 Å². The molecular formula is C20H15N3OS. The number of amidine groups is 1. The van der Waals surface area contributed by atoms with Crippen molar-refractivity contribution >= 4 is 34.6 Å². The summed E-state index contributed by atoms with van der Waals surface area (Å²) in [5.41, 5.74) is 2.88. The average Bonchev–Trinajstić information content (AvgIpc) is 3.24. The van der Waals surface area contributed by atoms with E-state index >= 15 is 0 Å². The van der Waals surface area contributed by atoms with Gasteiger partial charge in [0.2, 0.25) is 0 Å². The molecule has 1 saturated heterocycles. The van der Waals surface area contributed by atoms with Gasteiger partial charge in [-0.1, -0.05) is 36.4 Å². The van der Waals surface area contributed by atoms with Gasteiger partial charge >= 0.3 is 0 Å². The summed E-state index contributed by atoms with van der Waals surface area (Å²) >= 11 is 1.35. The van der Waals surface area contributed by atoms with Crippen LogP contribution in [0.3, 0.4) is 0 Å². The van der Waals surface area contributed by atoms with Crippen LogP contribution in [0.1, 0.15) is 5.56 Å². The van der Waals surface area contributed by atoms with E-state index in [4.69, 9.17) is 0 Å². The van der Waals surface area contributed by atoms with Gasteiger partial charge in [0.1, 0.15) is 0 Å². The number of hydrogen-bond acceptors (Lipinski definition) is 3. The van der Waals surface area contributed by atoms with E-state index in [0.29, 0.717) is 10.1 Å². The first-order valence-electron chi connectivity index (χ1n) is 7.86. The summed E-state index contributed by atoms with van der Waals surface area (Å²) in [5, 5.41) is 3.41. The van der Waals surface area contributed by atoms with E-state index in [-0.39, 0.29) is 5.91 Å². The van der Waals surface area contributed by atoms with Crippen molar-refractivity contribution in [3.8, 4) is 5.69 Å². The first kappa shape index (κ1) is 15.5. The molecular weight excluding hydrogens is 330 g/mol. The number of nitrogens with zero attached hydrogens (tertiary/aromatic N) is 2. The Morgan fingerprint density at radius 3 is 2.44 bits per heavy atom. The van der Waals surface area contributed by atoms with Crippen molar-refractivity contribution in [3.63, 3.8) is 0 Å². The Bertz CT molecular complexity index is 959. The second-order valence-corrected chi connectivity index (χ2v) is 6.54. The minimum absolute atomic E-state index is 0.118. The fourth-order valence-electron chi connectivity index (χ4n) is 2.51. The molecule has 1 fully saturated rings. The fourth-order valence-corrected chi connectivity index (χ4v) is 3.35. The standard InChI is InChI=1S/C20H15N3OS/c24-19-18(25-20(22-19)21-16-7-3-1-4-8-16)13-15-11-12-23(14-15)17-9-5-2-6-10-17/h1-14H,(H,21,22,24)/b18-13+. The van der Waals surface area contributed by atoms with Gasteiger partial charge in [-0.3, -0.25) is 4.79 Å². The second kappa shape index (κ2) is 6.83. The van der Waals surface area contributed by atoms with Crippen LogP contribution in [-0.4, -0.2) is 15.6 Å². The number of hydrogen-bond donors (Lipinski definition) is 1. The van der Waals surface area contributed by atoms with Crippen LogP contribution in [-0.2, 0) is 4.79 Å². The van der Waals surface area contributed by atoms with Crippen LogP contribution in [0.4, 0.5) is 5.69 Å². The van der Waals surface area contributed by atoms with E-state index < -0.39 is 0 Å². The van der Waals surface area contributed by atoms with Crippen molar-refractivity contribution in [1.82, 2.24) is 9.88 Å². The highest BCUT2D eigenvalue weighted by Crippen LogP contribution is 2.28. The number of carbonyl (C=O) groups is 1. The zero-order chi connectivity index (χ0) is 17.1. The first-order chi connectivity index (χ1) is 12.3. The first-order valence-corrected chi connectivity index (χ1v) is 8.68. The predicted octanol–water partition coefficient (Wildman–Crippen LogP) is 4.37. The molecule has 1 aromatic heterocycles. The molecule has 5 heteroatoms. The molecule has 3 aromatic rings. The van der Waals surface area contributed by atoms with Gasteiger partial charge in [-0.15, -0.1) is 0 Å². The van der Waals surface area contributed by atoms with Gasteiger partial charge in [0.15, 0.2) is 5.17 Å². The van der Waals surface area contributed by atoms with E-state index in [2.05, 4.69) is 10.3 Å². The van der Waals surface area contributed by atoms with Crippen molar-refractivity contribution in [2.45, 2.75) is 0 Å². The molecule has 2 aromatic carbocycles. The maximum Gasteiger partial charge on any atom is 0.264 e. The second-order valence-electron chi connectivity index (χ2n) is 5.50. The van der Waals surface area contributed by atoms with Crippen molar-refractivity contribution < 1.29 is 4.79 Å². The topological polar surface area (TPSA) is 46.4 Å². The van der Waals surface area contributed by atoms with Gasteiger partial charge in [-0.2, -0.15) is 0 Å². The molecule has 4 nitrogen and oxygen atoms in total. The molecule has 1 aliphatic heterocycles. The lowest BCUT2D eigenvalue weighted by Crippen LogP contribution is -2.19. The number of amides is 1. The third kappa shape index (κ3) is 3.56. The highest BCUT2D eigenvalue weighted by molar-refractivity contribution is 8.18. The monoisotopic (exact) mass is 345 g/mol. The molecule has 4 rings (SSSR count). The summed E-state index contributed by atoms with van der Waals surface area (Å²) in [6.07, 6.45) is 5.87. The summed E-state index contributed by atoms with van der Waals surface area (Å²) < 4.78 is 2.03. The molecule has 122 valence electrons. The third-order valence-corrected chi connectivity index (χ3v) is 4.62. The zero-order valence-electron chi connectivity index (χ0n) is 13.3. The normalized spacial score (nSPS) is 17.2. The summed E-state index contributed by atoms with van der Waals surface area (Å²) in [4.78, 5) is 17.3. The van der Waals surface area contributed by atoms with Crippen LogP contribution in [0.2, 0.25) is 0 Å². The molecule has 0 atom stereocenters. The highest BCUT2D eigenvalue weighted by atomic mass is 32.2. The summed E-state index contributed by atoms with van der Waals surface area (Å²) in [5.74, 6) is -0.118. The van der Waals surface area contributed by atoms with Gasteiger partial charge in [0.05, 0.1) is 10.6 Å².